The first-order chi connectivity index (χ1) is 11.7. The number of anilines is 1. The molecule has 1 aliphatic carbocycles. The van der Waals surface area contributed by atoms with Crippen LogP contribution in [0.5, 0.6) is 0 Å². The van der Waals surface area contributed by atoms with Crippen molar-refractivity contribution in [3.8, 4) is 0 Å². The van der Waals surface area contributed by atoms with Gasteiger partial charge in [-0.1, -0.05) is 27.2 Å². The number of ether oxygens (including phenoxy) is 1. The van der Waals surface area contributed by atoms with Crippen LogP contribution in [0.1, 0.15) is 74.7 Å². The van der Waals surface area contributed by atoms with Crippen molar-refractivity contribution in [2.75, 3.05) is 11.9 Å². The molecule has 0 spiro atoms. The van der Waals surface area contributed by atoms with Crippen molar-refractivity contribution in [3.63, 3.8) is 0 Å². The van der Waals surface area contributed by atoms with E-state index in [1.54, 1.807) is 11.3 Å². The first kappa shape index (κ1) is 20.2. The third kappa shape index (κ3) is 5.17. The summed E-state index contributed by atoms with van der Waals surface area (Å²) in [5.74, 6) is -0.240. The number of hydrogen-bond donors (Lipinski definition) is 2. The van der Waals surface area contributed by atoms with Gasteiger partial charge in [-0.25, -0.2) is 4.79 Å². The molecule has 2 rings (SSSR count). The number of nitrogens with one attached hydrogen (secondary N) is 2. The van der Waals surface area contributed by atoms with Crippen LogP contribution in [0, 0.1) is 5.41 Å². The van der Waals surface area contributed by atoms with Crippen molar-refractivity contribution in [1.82, 2.24) is 5.32 Å². The van der Waals surface area contributed by atoms with Gasteiger partial charge in [0.15, 0.2) is 5.11 Å². The fraction of sp³-hybridized carbons (Fsp3) is 0.684. The van der Waals surface area contributed by atoms with Crippen molar-refractivity contribution in [2.45, 2.75) is 72.8 Å². The van der Waals surface area contributed by atoms with Gasteiger partial charge in [0.25, 0.3) is 0 Å². The van der Waals surface area contributed by atoms with Gasteiger partial charge in [-0.05, 0) is 62.7 Å². The van der Waals surface area contributed by atoms with E-state index < -0.39 is 0 Å². The number of carbonyl (C=O) groups excluding carboxylic acids is 1. The molecule has 0 radical (unpaired) electrons. The van der Waals surface area contributed by atoms with Crippen LogP contribution in [0.2, 0.25) is 0 Å². The fourth-order valence-corrected chi connectivity index (χ4v) is 4.43. The van der Waals surface area contributed by atoms with Crippen LogP contribution >= 0.6 is 23.6 Å². The number of thiocarbonyl (C=S) groups is 1. The minimum atomic E-state index is -0.240. The van der Waals surface area contributed by atoms with E-state index >= 15 is 0 Å². The summed E-state index contributed by atoms with van der Waals surface area (Å²) < 4.78 is 5.31. The molecule has 1 heterocycles. The second kappa shape index (κ2) is 8.49. The second-order valence-corrected chi connectivity index (χ2v) is 9.19. The molecule has 2 N–H and O–H groups in total. The lowest BCUT2D eigenvalue weighted by atomic mass is 9.88. The van der Waals surface area contributed by atoms with Crippen molar-refractivity contribution in [2.24, 2.45) is 5.41 Å². The van der Waals surface area contributed by atoms with Gasteiger partial charge < -0.3 is 15.4 Å². The maximum atomic E-state index is 12.6. The Hall–Kier alpha value is -1.14. The van der Waals surface area contributed by atoms with Gasteiger partial charge >= 0.3 is 5.97 Å². The van der Waals surface area contributed by atoms with E-state index in [9.17, 15) is 4.79 Å². The van der Waals surface area contributed by atoms with Crippen molar-refractivity contribution >= 4 is 39.6 Å². The van der Waals surface area contributed by atoms with E-state index in [1.807, 2.05) is 6.92 Å². The van der Waals surface area contributed by atoms with Gasteiger partial charge in [-0.15, -0.1) is 11.3 Å². The van der Waals surface area contributed by atoms with E-state index in [0.29, 0.717) is 17.3 Å². The van der Waals surface area contributed by atoms with Crippen molar-refractivity contribution < 1.29 is 9.53 Å². The van der Waals surface area contributed by atoms with Crippen molar-refractivity contribution in [3.05, 3.63) is 16.0 Å². The zero-order chi connectivity index (χ0) is 18.6. The molecule has 1 aliphatic rings. The molecular weight excluding hydrogens is 352 g/mol. The molecule has 25 heavy (non-hydrogen) atoms. The zero-order valence-corrected chi connectivity index (χ0v) is 17.6. The smallest absolute Gasteiger partial charge is 0.341 e. The maximum absolute atomic E-state index is 12.6. The molecule has 140 valence electrons. The standard InChI is InChI=1S/C19H30N2O2S2/c1-6-23-17(22)15-13-10-8-7-9-11-14(13)25-16(15)21-18(24)20-12(2)19(3,4)5/h12H,6-11H2,1-5H3,(H2,20,21,24). The Bertz CT molecular complexity index is 632. The topological polar surface area (TPSA) is 50.4 Å². The third-order valence-corrected chi connectivity index (χ3v) is 6.20. The largest absolute Gasteiger partial charge is 0.462 e. The van der Waals surface area contributed by atoms with Gasteiger partial charge in [0.2, 0.25) is 0 Å². The normalized spacial score (nSPS) is 15.7. The summed E-state index contributed by atoms with van der Waals surface area (Å²) in [6.07, 6.45) is 5.50. The Morgan fingerprint density at radius 2 is 1.96 bits per heavy atom. The zero-order valence-electron chi connectivity index (χ0n) is 16.0. The van der Waals surface area contributed by atoms with Gasteiger partial charge in [0.05, 0.1) is 12.2 Å². The Kier molecular flexibility index (Phi) is 6.86. The Morgan fingerprint density at radius 1 is 1.28 bits per heavy atom. The molecule has 0 saturated carbocycles. The highest BCUT2D eigenvalue weighted by Gasteiger charge is 2.27. The minimum Gasteiger partial charge on any atom is -0.462 e. The number of thiophene rings is 1. The molecular formula is C19H30N2O2S2. The Balaban J connectivity index is 2.24. The maximum Gasteiger partial charge on any atom is 0.341 e. The summed E-state index contributed by atoms with van der Waals surface area (Å²) in [5.41, 5.74) is 1.95. The van der Waals surface area contributed by atoms with Crippen LogP contribution in [0.15, 0.2) is 0 Å². The number of fused-ring (bicyclic) bond motifs is 1. The number of rotatable bonds is 4. The lowest BCUT2D eigenvalue weighted by Crippen LogP contribution is -2.43. The molecule has 0 aromatic carbocycles. The monoisotopic (exact) mass is 382 g/mol. The van der Waals surface area contributed by atoms with Crippen LogP contribution in [0.25, 0.3) is 0 Å². The fourth-order valence-electron chi connectivity index (χ4n) is 2.80. The van der Waals surface area contributed by atoms with Crippen LogP contribution < -0.4 is 10.6 Å². The number of esters is 1. The van der Waals surface area contributed by atoms with Gasteiger partial charge in [-0.2, -0.15) is 0 Å². The molecule has 1 aromatic rings. The average Bonchev–Trinajstić information content (AvgIpc) is 2.68. The van der Waals surface area contributed by atoms with Crippen LogP contribution in [-0.4, -0.2) is 23.7 Å². The summed E-state index contributed by atoms with van der Waals surface area (Å²) in [4.78, 5) is 13.9. The molecule has 0 fully saturated rings. The summed E-state index contributed by atoms with van der Waals surface area (Å²) in [5, 5.41) is 7.99. The third-order valence-electron chi connectivity index (χ3n) is 4.77. The molecule has 6 heteroatoms. The first-order valence-electron chi connectivity index (χ1n) is 9.13. The first-order valence-corrected chi connectivity index (χ1v) is 10.4. The van der Waals surface area contributed by atoms with E-state index in [1.165, 1.54) is 17.7 Å². The van der Waals surface area contributed by atoms with Gasteiger partial charge in [-0.3, -0.25) is 0 Å². The lowest BCUT2D eigenvalue weighted by Gasteiger charge is -2.29. The molecule has 4 nitrogen and oxygen atoms in total. The summed E-state index contributed by atoms with van der Waals surface area (Å²) in [7, 11) is 0. The quantitative estimate of drug-likeness (QED) is 0.440. The predicted molar refractivity (Wildman–Crippen MR) is 110 cm³/mol. The minimum absolute atomic E-state index is 0.0995. The molecule has 1 unspecified atom stereocenters. The van der Waals surface area contributed by atoms with Gasteiger partial charge in [0.1, 0.15) is 5.00 Å². The second-order valence-electron chi connectivity index (χ2n) is 7.68. The van der Waals surface area contributed by atoms with Crippen LogP contribution in [0.4, 0.5) is 5.00 Å². The SMILES string of the molecule is CCOC(=O)c1c(NC(=S)NC(C)C(C)(C)C)sc2c1CCCCC2. The molecule has 0 aliphatic heterocycles. The lowest BCUT2D eigenvalue weighted by molar-refractivity contribution is 0.0527. The summed E-state index contributed by atoms with van der Waals surface area (Å²) in [6.45, 7) is 10.9. The number of aryl methyl sites for hydroxylation is 1. The molecule has 0 bridgehead atoms. The Morgan fingerprint density at radius 3 is 2.60 bits per heavy atom. The Labute approximate surface area is 160 Å². The highest BCUT2D eigenvalue weighted by molar-refractivity contribution is 7.80. The van der Waals surface area contributed by atoms with E-state index in [4.69, 9.17) is 17.0 Å². The molecule has 1 aromatic heterocycles. The molecule has 0 amide bonds. The average molecular weight is 383 g/mol. The van der Waals surface area contributed by atoms with E-state index in [-0.39, 0.29) is 17.4 Å². The van der Waals surface area contributed by atoms with Crippen LogP contribution in [-0.2, 0) is 17.6 Å². The van der Waals surface area contributed by atoms with E-state index in [0.717, 1.165) is 29.8 Å². The summed E-state index contributed by atoms with van der Waals surface area (Å²) >= 11 is 7.14. The molecule has 1 atom stereocenters. The molecule has 0 saturated heterocycles. The number of carbonyl (C=O) groups is 1. The number of hydrogen-bond acceptors (Lipinski definition) is 4. The summed E-state index contributed by atoms with van der Waals surface area (Å²) in [6, 6.07) is 0.219. The van der Waals surface area contributed by atoms with Gasteiger partial charge in [0, 0.05) is 10.9 Å². The van der Waals surface area contributed by atoms with Crippen molar-refractivity contribution in [1.29, 1.82) is 0 Å². The van der Waals surface area contributed by atoms with Crippen LogP contribution in [0.3, 0.4) is 0 Å². The highest BCUT2D eigenvalue weighted by Crippen LogP contribution is 2.38. The predicted octanol–water partition coefficient (Wildman–Crippen LogP) is 4.91. The highest BCUT2D eigenvalue weighted by atomic mass is 32.1. The van der Waals surface area contributed by atoms with E-state index in [2.05, 4.69) is 38.3 Å².